The Morgan fingerprint density at radius 2 is 2.10 bits per heavy atom. The molecule has 1 aromatic rings. The van der Waals surface area contributed by atoms with Crippen LogP contribution >= 0.6 is 35.3 Å². The van der Waals surface area contributed by atoms with Crippen molar-refractivity contribution in [3.63, 3.8) is 0 Å². The zero-order valence-electron chi connectivity index (χ0n) is 5.37. The van der Waals surface area contributed by atoms with E-state index in [2.05, 4.69) is 16.7 Å². The topological polar surface area (TPSA) is 64.9 Å². The molecule has 3 nitrogen and oxygen atoms in total. The van der Waals surface area contributed by atoms with Gasteiger partial charge in [0.2, 0.25) is 0 Å². The van der Waals surface area contributed by atoms with E-state index in [0.29, 0.717) is 4.47 Å². The molecule has 0 saturated carbocycles. The Hall–Kier alpha value is 0.130. The largest absolute Gasteiger partial charge is 0.274 e. The molecule has 0 aliphatic heterocycles. The standard InChI is InChI=1S/C4H4ClNS.ClH.H4N2/c1-3-2-6-4(5)7-3;;1-2/h2H,1H3;1H;1-2H2. The Balaban J connectivity index is 0. The Morgan fingerprint density at radius 1 is 1.60 bits per heavy atom. The molecule has 0 aliphatic carbocycles. The van der Waals surface area contributed by atoms with E-state index in [9.17, 15) is 0 Å². The third-order valence-electron chi connectivity index (χ3n) is 0.593. The van der Waals surface area contributed by atoms with Gasteiger partial charge in [-0.25, -0.2) is 4.98 Å². The monoisotopic (exact) mass is 201 g/mol. The first-order valence-corrected chi connectivity index (χ1v) is 3.40. The molecule has 0 aliphatic rings. The molecule has 6 heteroatoms. The zero-order chi connectivity index (χ0) is 7.28. The molecule has 0 fully saturated rings. The first-order valence-electron chi connectivity index (χ1n) is 2.20. The molecule has 0 unspecified atom stereocenters. The van der Waals surface area contributed by atoms with Crippen LogP contribution in [0.2, 0.25) is 4.47 Å². The number of thiazole rings is 1. The van der Waals surface area contributed by atoms with E-state index in [4.69, 9.17) is 11.6 Å². The highest BCUT2D eigenvalue weighted by Crippen LogP contribution is 2.15. The van der Waals surface area contributed by atoms with Crippen LogP contribution in [0, 0.1) is 6.92 Å². The minimum Gasteiger partial charge on any atom is -0.274 e. The molecule has 0 bridgehead atoms. The number of nitrogens with two attached hydrogens (primary N) is 2. The lowest BCUT2D eigenvalue weighted by atomic mass is 10.7. The molecule has 1 rings (SSSR count). The summed E-state index contributed by atoms with van der Waals surface area (Å²) < 4.78 is 0.623. The molecule has 10 heavy (non-hydrogen) atoms. The number of hydrazine groups is 1. The fourth-order valence-corrected chi connectivity index (χ4v) is 1.22. The summed E-state index contributed by atoms with van der Waals surface area (Å²) in [4.78, 5) is 4.96. The molecular weight excluding hydrogens is 193 g/mol. The second-order valence-corrected chi connectivity index (χ2v) is 3.04. The van der Waals surface area contributed by atoms with E-state index in [1.165, 1.54) is 11.3 Å². The number of halogens is 2. The van der Waals surface area contributed by atoms with Gasteiger partial charge in [-0.05, 0) is 6.92 Å². The highest BCUT2D eigenvalue weighted by molar-refractivity contribution is 7.15. The van der Waals surface area contributed by atoms with Crippen LogP contribution in [0.15, 0.2) is 6.20 Å². The Kier molecular flexibility index (Phi) is 9.25. The summed E-state index contributed by atoms with van der Waals surface area (Å²) >= 11 is 6.96. The molecule has 0 radical (unpaired) electrons. The summed E-state index contributed by atoms with van der Waals surface area (Å²) in [6.07, 6.45) is 1.76. The predicted molar refractivity (Wildman–Crippen MR) is 47.5 cm³/mol. The van der Waals surface area contributed by atoms with Gasteiger partial charge in [-0.3, -0.25) is 11.7 Å². The Labute approximate surface area is 74.8 Å². The molecule has 0 amide bonds. The summed E-state index contributed by atoms with van der Waals surface area (Å²) in [5, 5.41) is 0. The normalized spacial score (nSPS) is 7.20. The average molecular weight is 202 g/mol. The van der Waals surface area contributed by atoms with Crippen molar-refractivity contribution in [2.75, 3.05) is 0 Å². The maximum atomic E-state index is 5.47. The lowest BCUT2D eigenvalue weighted by Gasteiger charge is -1.66. The van der Waals surface area contributed by atoms with Crippen LogP contribution in [-0.2, 0) is 0 Å². The SMILES string of the molecule is Cc1cnc(Cl)s1.Cl.NN. The summed E-state index contributed by atoms with van der Waals surface area (Å²) in [6.45, 7) is 1.98. The first-order chi connectivity index (χ1) is 4.29. The number of aryl methyl sites for hydroxylation is 1. The molecule has 0 atom stereocenters. The van der Waals surface area contributed by atoms with Gasteiger partial charge in [-0.2, -0.15) is 0 Å². The fourth-order valence-electron chi connectivity index (χ4n) is 0.327. The van der Waals surface area contributed by atoms with Gasteiger partial charge in [-0.15, -0.1) is 23.7 Å². The van der Waals surface area contributed by atoms with Crippen LogP contribution in [0.25, 0.3) is 0 Å². The van der Waals surface area contributed by atoms with E-state index >= 15 is 0 Å². The van der Waals surface area contributed by atoms with Crippen molar-refractivity contribution in [2.24, 2.45) is 11.7 Å². The lowest BCUT2D eigenvalue weighted by molar-refractivity contribution is 1.26. The highest BCUT2D eigenvalue weighted by Gasteiger charge is 1.88. The molecule has 4 N–H and O–H groups in total. The van der Waals surface area contributed by atoms with E-state index < -0.39 is 0 Å². The second-order valence-electron chi connectivity index (χ2n) is 1.22. The minimum absolute atomic E-state index is 0. The zero-order valence-corrected chi connectivity index (χ0v) is 7.76. The molecule has 1 heterocycles. The van der Waals surface area contributed by atoms with Crippen LogP contribution in [-0.4, -0.2) is 4.98 Å². The third-order valence-corrected chi connectivity index (χ3v) is 1.62. The van der Waals surface area contributed by atoms with Crippen molar-refractivity contribution in [2.45, 2.75) is 6.92 Å². The van der Waals surface area contributed by atoms with Crippen LogP contribution < -0.4 is 11.7 Å². The maximum absolute atomic E-state index is 5.47. The number of hydrogen-bond donors (Lipinski definition) is 2. The molecule has 0 saturated heterocycles. The number of rotatable bonds is 0. The van der Waals surface area contributed by atoms with Crippen LogP contribution in [0.3, 0.4) is 0 Å². The molecule has 0 aromatic carbocycles. The molecule has 0 spiro atoms. The third kappa shape index (κ3) is 4.96. The van der Waals surface area contributed by atoms with Crippen molar-refractivity contribution in [3.8, 4) is 0 Å². The van der Waals surface area contributed by atoms with Crippen LogP contribution in [0.4, 0.5) is 0 Å². The Morgan fingerprint density at radius 3 is 2.20 bits per heavy atom. The van der Waals surface area contributed by atoms with Crippen molar-refractivity contribution in [1.29, 1.82) is 0 Å². The molecular formula is C4H9Cl2N3S. The predicted octanol–water partition coefficient (Wildman–Crippen LogP) is 1.35. The van der Waals surface area contributed by atoms with Gasteiger partial charge in [0.05, 0.1) is 0 Å². The molecule has 60 valence electrons. The quantitative estimate of drug-likeness (QED) is 0.493. The average Bonchev–Trinajstić information content (AvgIpc) is 2.20. The van der Waals surface area contributed by atoms with Crippen molar-refractivity contribution in [1.82, 2.24) is 4.98 Å². The smallest absolute Gasteiger partial charge is 0.183 e. The van der Waals surface area contributed by atoms with Crippen molar-refractivity contribution >= 4 is 35.3 Å². The molecule has 1 aromatic heterocycles. The first kappa shape index (κ1) is 12.8. The highest BCUT2D eigenvalue weighted by atomic mass is 35.5. The van der Waals surface area contributed by atoms with E-state index in [-0.39, 0.29) is 12.4 Å². The van der Waals surface area contributed by atoms with Gasteiger partial charge in [0, 0.05) is 11.1 Å². The maximum Gasteiger partial charge on any atom is 0.183 e. The van der Waals surface area contributed by atoms with E-state index in [1.54, 1.807) is 6.20 Å². The second kappa shape index (κ2) is 7.24. The number of aromatic nitrogens is 1. The number of hydrogen-bond acceptors (Lipinski definition) is 4. The van der Waals surface area contributed by atoms with Crippen molar-refractivity contribution < 1.29 is 0 Å². The van der Waals surface area contributed by atoms with E-state index in [0.717, 1.165) is 4.88 Å². The van der Waals surface area contributed by atoms with Gasteiger partial charge in [-0.1, -0.05) is 11.6 Å². The lowest BCUT2D eigenvalue weighted by Crippen LogP contribution is -2.02. The Bertz CT molecular complexity index is 151. The van der Waals surface area contributed by atoms with E-state index in [1.807, 2.05) is 6.92 Å². The number of nitrogens with zero attached hydrogens (tertiary/aromatic N) is 1. The summed E-state index contributed by atoms with van der Waals surface area (Å²) in [5.41, 5.74) is 0. The van der Waals surface area contributed by atoms with Gasteiger partial charge >= 0.3 is 0 Å². The van der Waals surface area contributed by atoms with Crippen molar-refractivity contribution in [3.05, 3.63) is 15.5 Å². The van der Waals surface area contributed by atoms with Gasteiger partial charge in [0.1, 0.15) is 0 Å². The summed E-state index contributed by atoms with van der Waals surface area (Å²) in [5.74, 6) is 8.00. The van der Waals surface area contributed by atoms with Gasteiger partial charge < -0.3 is 0 Å². The minimum atomic E-state index is 0. The summed E-state index contributed by atoms with van der Waals surface area (Å²) in [7, 11) is 0. The fraction of sp³-hybridized carbons (Fsp3) is 0.250. The van der Waals surface area contributed by atoms with Gasteiger partial charge in [0.15, 0.2) is 4.47 Å². The summed E-state index contributed by atoms with van der Waals surface area (Å²) in [6, 6.07) is 0. The van der Waals surface area contributed by atoms with Crippen LogP contribution in [0.1, 0.15) is 4.88 Å². The van der Waals surface area contributed by atoms with Gasteiger partial charge in [0.25, 0.3) is 0 Å². The van der Waals surface area contributed by atoms with Crippen LogP contribution in [0.5, 0.6) is 0 Å².